The number of nitriles is 1. The molecular weight excluding hydrogens is 360 g/mol. The molecular formula is C20H30N4O4. The second-order valence-electron chi connectivity index (χ2n) is 8.83. The second kappa shape index (κ2) is 8.72. The molecule has 0 bridgehead atoms. The van der Waals surface area contributed by atoms with Crippen LogP contribution < -0.4 is 10.6 Å². The lowest BCUT2D eigenvalue weighted by atomic mass is 9.91. The average Bonchev–Trinajstić information content (AvgIpc) is 2.81. The highest BCUT2D eigenvalue weighted by atomic mass is 16.2. The number of carbonyl (C=O) groups is 4. The fourth-order valence-corrected chi connectivity index (χ4v) is 3.83. The molecule has 2 fully saturated rings. The normalized spacial score (nSPS) is 23.9. The first-order valence-electron chi connectivity index (χ1n) is 9.91. The maximum absolute atomic E-state index is 13.0. The molecule has 0 spiro atoms. The molecule has 2 aliphatic rings. The lowest BCUT2D eigenvalue weighted by Crippen LogP contribution is -2.53. The van der Waals surface area contributed by atoms with E-state index in [2.05, 4.69) is 10.6 Å². The van der Waals surface area contributed by atoms with Crippen LogP contribution in [-0.2, 0) is 19.2 Å². The summed E-state index contributed by atoms with van der Waals surface area (Å²) in [5.41, 5.74) is -0.832. The number of carbonyl (C=O) groups excluding carboxylic acids is 4. The van der Waals surface area contributed by atoms with Crippen molar-refractivity contribution in [3.05, 3.63) is 0 Å². The maximum Gasteiger partial charge on any atom is 0.244 e. The van der Waals surface area contributed by atoms with Crippen molar-refractivity contribution in [3.63, 3.8) is 0 Å². The average molecular weight is 390 g/mol. The van der Waals surface area contributed by atoms with Crippen molar-refractivity contribution >= 4 is 23.6 Å². The topological polar surface area (TPSA) is 119 Å². The van der Waals surface area contributed by atoms with Gasteiger partial charge in [-0.2, -0.15) is 5.26 Å². The number of imide groups is 1. The van der Waals surface area contributed by atoms with E-state index in [0.717, 1.165) is 11.3 Å². The van der Waals surface area contributed by atoms with Gasteiger partial charge in [0.15, 0.2) is 0 Å². The van der Waals surface area contributed by atoms with Gasteiger partial charge in [-0.1, -0.05) is 27.7 Å². The minimum Gasteiger partial charge on any atom is -0.356 e. The number of likely N-dealkylation sites (tertiary alicyclic amines) is 1. The van der Waals surface area contributed by atoms with Gasteiger partial charge in [0.05, 0.1) is 11.5 Å². The SMILES string of the molecule is CC(C)CC(C(=O)N[C@H](C#N)C[C@@H]1CCCNC1=O)N1C(=O)CC(C)(C)C1=O. The predicted octanol–water partition coefficient (Wildman–Crippen LogP) is 1.11. The van der Waals surface area contributed by atoms with Crippen LogP contribution in [0.4, 0.5) is 0 Å². The molecule has 0 aromatic carbocycles. The molecule has 0 radical (unpaired) electrons. The van der Waals surface area contributed by atoms with Gasteiger partial charge in [-0.05, 0) is 31.6 Å². The van der Waals surface area contributed by atoms with E-state index in [1.807, 2.05) is 19.9 Å². The summed E-state index contributed by atoms with van der Waals surface area (Å²) >= 11 is 0. The highest BCUT2D eigenvalue weighted by Gasteiger charge is 2.49. The predicted molar refractivity (Wildman–Crippen MR) is 101 cm³/mol. The molecule has 2 N–H and O–H groups in total. The Kier molecular flexibility index (Phi) is 6.81. The number of piperidine rings is 1. The molecule has 8 heteroatoms. The van der Waals surface area contributed by atoms with E-state index < -0.39 is 23.4 Å². The van der Waals surface area contributed by atoms with Gasteiger partial charge in [0.2, 0.25) is 23.6 Å². The Labute approximate surface area is 166 Å². The number of nitrogens with one attached hydrogen (secondary N) is 2. The summed E-state index contributed by atoms with van der Waals surface area (Å²) in [7, 11) is 0. The second-order valence-corrected chi connectivity index (χ2v) is 8.83. The van der Waals surface area contributed by atoms with E-state index in [-0.39, 0.29) is 42.4 Å². The van der Waals surface area contributed by atoms with Gasteiger partial charge < -0.3 is 10.6 Å². The fraction of sp³-hybridized carbons (Fsp3) is 0.750. The molecule has 0 aromatic rings. The van der Waals surface area contributed by atoms with Crippen LogP contribution in [0.1, 0.15) is 59.8 Å². The van der Waals surface area contributed by atoms with Crippen LogP contribution in [0.5, 0.6) is 0 Å². The van der Waals surface area contributed by atoms with Crippen LogP contribution in [0, 0.1) is 28.6 Å². The Morgan fingerprint density at radius 2 is 2.04 bits per heavy atom. The quantitative estimate of drug-likeness (QED) is 0.631. The molecule has 0 aliphatic carbocycles. The number of hydrogen-bond donors (Lipinski definition) is 2. The highest BCUT2D eigenvalue weighted by molar-refractivity contribution is 6.08. The molecule has 2 saturated heterocycles. The molecule has 154 valence electrons. The Morgan fingerprint density at radius 3 is 2.54 bits per heavy atom. The molecule has 2 heterocycles. The Balaban J connectivity index is 2.13. The zero-order valence-electron chi connectivity index (χ0n) is 17.1. The minimum absolute atomic E-state index is 0.0671. The van der Waals surface area contributed by atoms with Crippen molar-refractivity contribution in [2.75, 3.05) is 6.54 Å². The van der Waals surface area contributed by atoms with E-state index >= 15 is 0 Å². The maximum atomic E-state index is 13.0. The third kappa shape index (κ3) is 4.89. The summed E-state index contributed by atoms with van der Waals surface area (Å²) in [5, 5.41) is 14.9. The number of rotatable bonds is 7. The zero-order valence-corrected chi connectivity index (χ0v) is 17.1. The summed E-state index contributed by atoms with van der Waals surface area (Å²) < 4.78 is 0. The number of nitrogens with zero attached hydrogens (tertiary/aromatic N) is 2. The first kappa shape index (κ1) is 21.9. The highest BCUT2D eigenvalue weighted by Crippen LogP contribution is 2.34. The van der Waals surface area contributed by atoms with E-state index in [0.29, 0.717) is 19.4 Å². The van der Waals surface area contributed by atoms with Gasteiger partial charge >= 0.3 is 0 Å². The van der Waals surface area contributed by atoms with Crippen molar-refractivity contribution < 1.29 is 19.2 Å². The summed E-state index contributed by atoms with van der Waals surface area (Å²) in [5.74, 6) is -1.60. The molecule has 28 heavy (non-hydrogen) atoms. The van der Waals surface area contributed by atoms with Crippen LogP contribution in [0.25, 0.3) is 0 Å². The van der Waals surface area contributed by atoms with E-state index in [9.17, 15) is 24.4 Å². The van der Waals surface area contributed by atoms with E-state index in [1.54, 1.807) is 13.8 Å². The van der Waals surface area contributed by atoms with Crippen molar-refractivity contribution in [1.29, 1.82) is 5.26 Å². The Morgan fingerprint density at radius 1 is 1.36 bits per heavy atom. The molecule has 2 aliphatic heterocycles. The van der Waals surface area contributed by atoms with Crippen LogP contribution >= 0.6 is 0 Å². The Bertz CT molecular complexity index is 695. The number of amides is 4. The van der Waals surface area contributed by atoms with Crippen molar-refractivity contribution in [3.8, 4) is 6.07 Å². The first-order valence-corrected chi connectivity index (χ1v) is 9.91. The minimum atomic E-state index is -0.946. The van der Waals surface area contributed by atoms with Gasteiger partial charge in [-0.3, -0.25) is 24.1 Å². The molecule has 0 aromatic heterocycles. The number of hydrogen-bond acceptors (Lipinski definition) is 5. The molecule has 4 amide bonds. The summed E-state index contributed by atoms with van der Waals surface area (Å²) in [6.45, 7) is 7.83. The van der Waals surface area contributed by atoms with Crippen LogP contribution in [0.15, 0.2) is 0 Å². The van der Waals surface area contributed by atoms with Gasteiger partial charge in [-0.25, -0.2) is 0 Å². The Hall–Kier alpha value is -2.43. The molecule has 8 nitrogen and oxygen atoms in total. The van der Waals surface area contributed by atoms with E-state index in [4.69, 9.17) is 0 Å². The van der Waals surface area contributed by atoms with Gasteiger partial charge in [0.25, 0.3) is 0 Å². The summed E-state index contributed by atoms with van der Waals surface area (Å²) in [6, 6.07) is 0.241. The van der Waals surface area contributed by atoms with Gasteiger partial charge in [0.1, 0.15) is 12.1 Å². The van der Waals surface area contributed by atoms with Crippen molar-refractivity contribution in [1.82, 2.24) is 15.5 Å². The lowest BCUT2D eigenvalue weighted by Gasteiger charge is -2.29. The monoisotopic (exact) mass is 390 g/mol. The third-order valence-electron chi connectivity index (χ3n) is 5.36. The molecule has 3 atom stereocenters. The molecule has 1 unspecified atom stereocenters. The summed E-state index contributed by atoms with van der Waals surface area (Å²) in [6.07, 6.45) is 2.12. The van der Waals surface area contributed by atoms with Crippen molar-refractivity contribution in [2.24, 2.45) is 17.3 Å². The summed E-state index contributed by atoms with van der Waals surface area (Å²) in [4.78, 5) is 51.1. The van der Waals surface area contributed by atoms with E-state index in [1.165, 1.54) is 0 Å². The first-order chi connectivity index (χ1) is 13.1. The van der Waals surface area contributed by atoms with Gasteiger partial charge in [-0.15, -0.1) is 0 Å². The van der Waals surface area contributed by atoms with Crippen molar-refractivity contribution in [2.45, 2.75) is 71.9 Å². The largest absolute Gasteiger partial charge is 0.356 e. The van der Waals surface area contributed by atoms with Crippen LogP contribution in [-0.4, -0.2) is 47.2 Å². The fourth-order valence-electron chi connectivity index (χ4n) is 3.83. The van der Waals surface area contributed by atoms with Crippen LogP contribution in [0.3, 0.4) is 0 Å². The third-order valence-corrected chi connectivity index (χ3v) is 5.36. The van der Waals surface area contributed by atoms with Crippen LogP contribution in [0.2, 0.25) is 0 Å². The van der Waals surface area contributed by atoms with Gasteiger partial charge in [0, 0.05) is 18.9 Å². The zero-order chi connectivity index (χ0) is 21.1. The standard InChI is InChI=1S/C20H30N4O4/c1-12(2)8-15(24-16(25)10-20(3,4)19(24)28)18(27)23-14(11-21)9-13-6-5-7-22-17(13)26/h12-15H,5-10H2,1-4H3,(H,22,26)(H,23,27)/t13-,14-,15?/m0/s1. The lowest BCUT2D eigenvalue weighted by molar-refractivity contribution is -0.149. The molecule has 2 rings (SSSR count). The molecule has 0 saturated carbocycles. The smallest absolute Gasteiger partial charge is 0.244 e.